The SMILES string of the molecule is CC/C=C\C/C=C\C/C=C\C/C=C\C/C=C\C/C=C\CCC(=O)NC(COC1OC(CO)C(OC2OC(CO)C(O)C(O)C2O)C(O)C1O)C(O)CCCCCCCCCCCCC. The summed E-state index contributed by atoms with van der Waals surface area (Å²) in [7, 11) is 0. The number of hydrogen-bond acceptors (Lipinski definition) is 13. The molecule has 0 radical (unpaired) electrons. The Labute approximate surface area is 383 Å². The summed E-state index contributed by atoms with van der Waals surface area (Å²) < 4.78 is 22.7. The number of ether oxygens (including phenoxy) is 4. The van der Waals surface area contributed by atoms with Crippen molar-refractivity contribution in [3.63, 3.8) is 0 Å². The number of rotatable bonds is 35. The van der Waals surface area contributed by atoms with Crippen molar-refractivity contribution in [2.24, 2.45) is 0 Å². The summed E-state index contributed by atoms with van der Waals surface area (Å²) in [6.45, 7) is 2.64. The largest absolute Gasteiger partial charge is 0.394 e. The Morgan fingerprint density at radius 1 is 0.578 bits per heavy atom. The second kappa shape index (κ2) is 36.5. The summed E-state index contributed by atoms with van der Waals surface area (Å²) in [6, 6.07) is -0.871. The van der Waals surface area contributed by atoms with Crippen LogP contribution in [0.25, 0.3) is 0 Å². The summed E-state index contributed by atoms with van der Waals surface area (Å²) in [5.74, 6) is -0.294. The minimum Gasteiger partial charge on any atom is -0.394 e. The Morgan fingerprint density at radius 2 is 1.05 bits per heavy atom. The molecular formula is C50H85NO13. The predicted octanol–water partition coefficient (Wildman–Crippen LogP) is 5.65. The molecule has 2 heterocycles. The molecule has 1 amide bonds. The lowest BCUT2D eigenvalue weighted by molar-refractivity contribution is -0.359. The molecule has 9 N–H and O–H groups in total. The molecule has 14 heteroatoms. The fraction of sp³-hybridized carbons (Fsp3) is 0.740. The van der Waals surface area contributed by atoms with E-state index in [1.54, 1.807) is 0 Å². The predicted molar refractivity (Wildman–Crippen MR) is 249 cm³/mol. The van der Waals surface area contributed by atoms with Gasteiger partial charge in [0.05, 0.1) is 32.0 Å². The average Bonchev–Trinajstić information content (AvgIpc) is 3.29. The molecule has 2 rings (SSSR count). The molecule has 12 atom stereocenters. The van der Waals surface area contributed by atoms with Gasteiger partial charge in [0.1, 0.15) is 48.8 Å². The molecule has 0 aliphatic carbocycles. The van der Waals surface area contributed by atoms with E-state index in [-0.39, 0.29) is 18.9 Å². The van der Waals surface area contributed by atoms with E-state index in [0.29, 0.717) is 12.8 Å². The first-order valence-electron chi connectivity index (χ1n) is 24.2. The Kier molecular flexibility index (Phi) is 32.9. The molecule has 0 spiro atoms. The molecule has 0 bridgehead atoms. The molecule has 2 fully saturated rings. The van der Waals surface area contributed by atoms with E-state index in [1.807, 2.05) is 12.2 Å². The highest BCUT2D eigenvalue weighted by Crippen LogP contribution is 2.30. The third-order valence-electron chi connectivity index (χ3n) is 11.4. The Hall–Kier alpha value is -2.57. The van der Waals surface area contributed by atoms with Crippen molar-refractivity contribution in [2.45, 2.75) is 216 Å². The van der Waals surface area contributed by atoms with Gasteiger partial charge in [-0.2, -0.15) is 0 Å². The maximum absolute atomic E-state index is 13.1. The third kappa shape index (κ3) is 23.7. The van der Waals surface area contributed by atoms with E-state index in [9.17, 15) is 45.6 Å². The second-order valence-electron chi connectivity index (χ2n) is 16.9. The Morgan fingerprint density at radius 3 is 1.56 bits per heavy atom. The number of hydrogen-bond donors (Lipinski definition) is 9. The maximum atomic E-state index is 13.1. The van der Waals surface area contributed by atoms with Crippen molar-refractivity contribution in [2.75, 3.05) is 19.8 Å². The fourth-order valence-corrected chi connectivity index (χ4v) is 7.49. The van der Waals surface area contributed by atoms with Crippen molar-refractivity contribution in [1.29, 1.82) is 0 Å². The summed E-state index contributed by atoms with van der Waals surface area (Å²) in [5, 5.41) is 86.6. The normalized spacial score (nSPS) is 27.9. The van der Waals surface area contributed by atoms with Crippen molar-refractivity contribution >= 4 is 5.91 Å². The van der Waals surface area contributed by atoms with Gasteiger partial charge < -0.3 is 65.1 Å². The van der Waals surface area contributed by atoms with Crippen molar-refractivity contribution in [3.05, 3.63) is 72.9 Å². The van der Waals surface area contributed by atoms with Crippen LogP contribution in [0.5, 0.6) is 0 Å². The zero-order chi connectivity index (χ0) is 46.8. The van der Waals surface area contributed by atoms with E-state index in [0.717, 1.165) is 64.2 Å². The summed E-state index contributed by atoms with van der Waals surface area (Å²) in [6.07, 6.45) is 27.8. The van der Waals surface area contributed by atoms with Gasteiger partial charge in [0.2, 0.25) is 5.91 Å². The van der Waals surface area contributed by atoms with Crippen LogP contribution >= 0.6 is 0 Å². The second-order valence-corrected chi connectivity index (χ2v) is 16.9. The van der Waals surface area contributed by atoms with Crippen LogP contribution in [0.4, 0.5) is 0 Å². The van der Waals surface area contributed by atoms with Crippen LogP contribution in [0, 0.1) is 0 Å². The van der Waals surface area contributed by atoms with Crippen LogP contribution in [0.2, 0.25) is 0 Å². The van der Waals surface area contributed by atoms with Gasteiger partial charge in [-0.05, 0) is 51.4 Å². The maximum Gasteiger partial charge on any atom is 0.220 e. The lowest BCUT2D eigenvalue weighted by Crippen LogP contribution is -2.65. The number of carbonyl (C=O) groups is 1. The summed E-state index contributed by atoms with van der Waals surface area (Å²) in [5.41, 5.74) is 0. The van der Waals surface area contributed by atoms with Gasteiger partial charge in [-0.25, -0.2) is 0 Å². The first-order chi connectivity index (χ1) is 31.1. The minimum atomic E-state index is -1.79. The lowest BCUT2D eigenvalue weighted by Gasteiger charge is -2.46. The molecule has 368 valence electrons. The van der Waals surface area contributed by atoms with E-state index >= 15 is 0 Å². The first kappa shape index (κ1) is 57.6. The molecule has 64 heavy (non-hydrogen) atoms. The van der Waals surface area contributed by atoms with E-state index in [4.69, 9.17) is 18.9 Å². The molecule has 2 saturated heterocycles. The van der Waals surface area contributed by atoms with Gasteiger partial charge in [-0.15, -0.1) is 0 Å². The van der Waals surface area contributed by atoms with Crippen LogP contribution in [-0.4, -0.2) is 140 Å². The molecule has 12 unspecified atom stereocenters. The van der Waals surface area contributed by atoms with E-state index in [1.165, 1.54) is 44.9 Å². The number of nitrogens with one attached hydrogen (secondary N) is 1. The zero-order valence-corrected chi connectivity index (χ0v) is 38.7. The van der Waals surface area contributed by atoms with Gasteiger partial charge in [0.25, 0.3) is 0 Å². The number of carbonyl (C=O) groups excluding carboxylic acids is 1. The highest BCUT2D eigenvalue weighted by Gasteiger charge is 2.51. The number of aliphatic hydroxyl groups is 8. The van der Waals surface area contributed by atoms with Gasteiger partial charge in [-0.1, -0.05) is 157 Å². The molecule has 0 aromatic carbocycles. The minimum absolute atomic E-state index is 0.175. The topological polar surface area (TPSA) is 228 Å². The Balaban J connectivity index is 1.88. The van der Waals surface area contributed by atoms with Gasteiger partial charge >= 0.3 is 0 Å². The smallest absolute Gasteiger partial charge is 0.220 e. The van der Waals surface area contributed by atoms with Gasteiger partial charge in [-0.3, -0.25) is 4.79 Å². The highest BCUT2D eigenvalue weighted by molar-refractivity contribution is 5.76. The number of aliphatic hydroxyl groups excluding tert-OH is 8. The lowest BCUT2D eigenvalue weighted by atomic mass is 9.97. The molecule has 0 saturated carbocycles. The molecule has 14 nitrogen and oxygen atoms in total. The molecule has 0 aromatic rings. The number of amides is 1. The highest BCUT2D eigenvalue weighted by atomic mass is 16.7. The Bertz CT molecular complexity index is 1350. The van der Waals surface area contributed by atoms with Crippen molar-refractivity contribution in [1.82, 2.24) is 5.32 Å². The standard InChI is InChI=1S/C50H85NO13/c1-3-5-7-9-11-13-15-16-17-18-19-20-21-22-24-26-28-30-32-34-42(55)51-38(39(54)33-31-29-27-25-23-14-12-10-8-6-4-2)37-61-49-47(60)45(58)48(41(36-53)63-49)64-50-46(59)44(57)43(56)40(35-52)62-50/h5,7,11,13,16-17,19-20,22,24,28,30,38-41,43-50,52-54,56-60H,3-4,6,8-10,12,14-15,18,21,23,25-27,29,31-37H2,1-2H3,(H,51,55)/b7-5-,13-11-,17-16-,20-19-,24-22-,30-28-. The van der Waals surface area contributed by atoms with Gasteiger partial charge in [0, 0.05) is 6.42 Å². The molecule has 2 aliphatic heterocycles. The van der Waals surface area contributed by atoms with Crippen molar-refractivity contribution in [3.8, 4) is 0 Å². The van der Waals surface area contributed by atoms with Gasteiger partial charge in [0.15, 0.2) is 12.6 Å². The zero-order valence-electron chi connectivity index (χ0n) is 38.7. The average molecular weight is 908 g/mol. The van der Waals surface area contributed by atoms with E-state index in [2.05, 4.69) is 79.9 Å². The third-order valence-corrected chi connectivity index (χ3v) is 11.4. The van der Waals surface area contributed by atoms with Crippen LogP contribution in [0.3, 0.4) is 0 Å². The van der Waals surface area contributed by atoms with E-state index < -0.39 is 86.8 Å². The number of unbranched alkanes of at least 4 members (excludes halogenated alkanes) is 10. The van der Waals surface area contributed by atoms with Crippen LogP contribution in [0.15, 0.2) is 72.9 Å². The molecule has 2 aliphatic rings. The van der Waals surface area contributed by atoms with Crippen LogP contribution in [0.1, 0.15) is 142 Å². The first-order valence-corrected chi connectivity index (χ1v) is 24.2. The quantitative estimate of drug-likeness (QED) is 0.0277. The summed E-state index contributed by atoms with van der Waals surface area (Å²) in [4.78, 5) is 13.1. The fourth-order valence-electron chi connectivity index (χ4n) is 7.49. The summed E-state index contributed by atoms with van der Waals surface area (Å²) >= 11 is 0. The van der Waals surface area contributed by atoms with Crippen LogP contribution in [-0.2, 0) is 23.7 Å². The monoisotopic (exact) mass is 908 g/mol. The van der Waals surface area contributed by atoms with Crippen molar-refractivity contribution < 1.29 is 64.6 Å². The van der Waals surface area contributed by atoms with Crippen LogP contribution < -0.4 is 5.32 Å². The molecular weight excluding hydrogens is 823 g/mol. The molecule has 0 aromatic heterocycles. The number of allylic oxidation sites excluding steroid dienone is 12.